The van der Waals surface area contributed by atoms with E-state index in [1.165, 1.54) is 16.6 Å². The third-order valence-corrected chi connectivity index (χ3v) is 7.35. The topological polar surface area (TPSA) is 112 Å². The molecule has 10 nitrogen and oxygen atoms in total. The Kier molecular flexibility index (Phi) is 4.71. The number of imidazole rings is 1. The van der Waals surface area contributed by atoms with Crippen LogP contribution in [0.2, 0.25) is 0 Å². The summed E-state index contributed by atoms with van der Waals surface area (Å²) >= 11 is 0. The van der Waals surface area contributed by atoms with Crippen LogP contribution < -0.4 is 0 Å². The molecule has 1 aliphatic rings. The lowest BCUT2D eigenvalue weighted by Crippen LogP contribution is -2.36. The van der Waals surface area contributed by atoms with Gasteiger partial charge in [-0.05, 0) is 19.1 Å². The van der Waals surface area contributed by atoms with E-state index in [1.807, 2.05) is 0 Å². The summed E-state index contributed by atoms with van der Waals surface area (Å²) in [5, 5.41) is 12.5. The monoisotopic (exact) mass is 457 g/mol. The zero-order valence-corrected chi connectivity index (χ0v) is 18.5. The molecule has 5 rings (SSSR count). The Labute approximate surface area is 183 Å². The van der Waals surface area contributed by atoms with Crippen molar-refractivity contribution >= 4 is 10.0 Å². The zero-order chi connectivity index (χ0) is 22.6. The van der Waals surface area contributed by atoms with E-state index in [1.54, 1.807) is 48.5 Å². The largest absolute Gasteiger partial charge is 0.414 e. The minimum Gasteiger partial charge on any atom is -0.414 e. The van der Waals surface area contributed by atoms with Crippen LogP contribution in [0.3, 0.4) is 0 Å². The Hall–Kier alpha value is -3.38. The van der Waals surface area contributed by atoms with Crippen molar-refractivity contribution in [2.45, 2.75) is 24.9 Å². The molecule has 166 valence electrons. The highest BCUT2D eigenvalue weighted by Gasteiger charge is 2.35. The van der Waals surface area contributed by atoms with Gasteiger partial charge in [0.2, 0.25) is 0 Å². The molecule has 0 saturated carbocycles. The summed E-state index contributed by atoms with van der Waals surface area (Å²) in [5.41, 5.74) is 2.13. The van der Waals surface area contributed by atoms with Crippen LogP contribution in [0.1, 0.15) is 17.1 Å². The molecule has 1 aliphatic heterocycles. The fourth-order valence-electron chi connectivity index (χ4n) is 3.79. The van der Waals surface area contributed by atoms with Crippen molar-refractivity contribution in [2.75, 3.05) is 6.54 Å². The minimum absolute atomic E-state index is 0.00557. The summed E-state index contributed by atoms with van der Waals surface area (Å²) in [6, 6.07) is 6.10. The van der Waals surface area contributed by atoms with Crippen LogP contribution in [-0.2, 0) is 37.1 Å². The van der Waals surface area contributed by atoms with E-state index in [9.17, 15) is 12.8 Å². The van der Waals surface area contributed by atoms with Crippen LogP contribution in [0, 0.1) is 12.7 Å². The molecule has 0 amide bonds. The van der Waals surface area contributed by atoms with E-state index in [-0.39, 0.29) is 28.9 Å². The number of aryl methyl sites for hydroxylation is 3. The molecule has 0 atom stereocenters. The third kappa shape index (κ3) is 3.22. The maximum Gasteiger partial charge on any atom is 0.268 e. The first-order valence-corrected chi connectivity index (χ1v) is 11.3. The molecule has 3 aromatic heterocycles. The van der Waals surface area contributed by atoms with Crippen molar-refractivity contribution in [3.05, 3.63) is 53.4 Å². The number of sulfonamides is 1. The predicted octanol–water partition coefficient (Wildman–Crippen LogP) is 2.07. The molecule has 0 N–H and O–H groups in total. The van der Waals surface area contributed by atoms with Crippen molar-refractivity contribution in [2.24, 2.45) is 14.1 Å². The lowest BCUT2D eigenvalue weighted by Gasteiger charge is -2.25. The minimum atomic E-state index is -3.79. The summed E-state index contributed by atoms with van der Waals surface area (Å²) in [6.07, 6.45) is 1.97. The van der Waals surface area contributed by atoms with Crippen LogP contribution in [0.5, 0.6) is 0 Å². The first kappa shape index (κ1) is 20.5. The summed E-state index contributed by atoms with van der Waals surface area (Å²) in [6.45, 7) is 2.14. The maximum absolute atomic E-state index is 14.1. The highest BCUT2D eigenvalue weighted by atomic mass is 32.2. The second-order valence-electron chi connectivity index (χ2n) is 7.62. The van der Waals surface area contributed by atoms with E-state index in [0.717, 1.165) is 5.69 Å². The van der Waals surface area contributed by atoms with Gasteiger partial charge in [-0.15, -0.1) is 10.2 Å². The molecule has 0 radical (unpaired) electrons. The summed E-state index contributed by atoms with van der Waals surface area (Å²) in [7, 11) is -0.263. The van der Waals surface area contributed by atoms with Gasteiger partial charge < -0.3 is 8.98 Å². The molecule has 4 aromatic rings. The van der Waals surface area contributed by atoms with Crippen LogP contribution >= 0.6 is 0 Å². The number of fused-ring (bicyclic) bond motifs is 1. The summed E-state index contributed by atoms with van der Waals surface area (Å²) in [5.74, 6) is 0.262. The van der Waals surface area contributed by atoms with Crippen LogP contribution in [-0.4, -0.2) is 48.8 Å². The van der Waals surface area contributed by atoms with Crippen molar-refractivity contribution in [3.8, 4) is 23.0 Å². The number of aromatic nitrogens is 6. The number of hydrogen-bond acceptors (Lipinski definition) is 7. The van der Waals surface area contributed by atoms with E-state index in [4.69, 9.17) is 4.42 Å². The van der Waals surface area contributed by atoms with E-state index in [2.05, 4.69) is 20.3 Å². The van der Waals surface area contributed by atoms with Crippen molar-refractivity contribution in [1.82, 2.24) is 33.8 Å². The van der Waals surface area contributed by atoms with Crippen molar-refractivity contribution in [3.63, 3.8) is 0 Å². The normalized spacial score (nSPS) is 14.6. The standard InChI is InChI=1S/C20H20FN7O3S/c1-12-22-17(11-26(12)2)32(29,30)28-9-8-16-14(10-28)18(25-27(16)3)20-24-23-19(31-20)13-6-4-5-7-15(13)21/h4-7,11H,8-10H2,1-3H3. The van der Waals surface area contributed by atoms with Gasteiger partial charge >= 0.3 is 0 Å². The predicted molar refractivity (Wildman–Crippen MR) is 111 cm³/mol. The van der Waals surface area contributed by atoms with Crippen LogP contribution in [0.25, 0.3) is 23.0 Å². The molecule has 0 fully saturated rings. The molecule has 1 aromatic carbocycles. The van der Waals surface area contributed by atoms with Gasteiger partial charge in [0, 0.05) is 51.1 Å². The first-order valence-electron chi connectivity index (χ1n) is 9.89. The highest BCUT2D eigenvalue weighted by Crippen LogP contribution is 2.33. The fraction of sp³-hybridized carbons (Fsp3) is 0.300. The molecule has 0 saturated heterocycles. The van der Waals surface area contributed by atoms with Gasteiger partial charge in [-0.2, -0.15) is 9.40 Å². The third-order valence-electron chi connectivity index (χ3n) is 5.63. The molecule has 0 aliphatic carbocycles. The molecule has 0 bridgehead atoms. The Balaban J connectivity index is 1.51. The van der Waals surface area contributed by atoms with E-state index >= 15 is 0 Å². The van der Waals surface area contributed by atoms with Gasteiger partial charge in [0.05, 0.1) is 5.56 Å². The smallest absolute Gasteiger partial charge is 0.268 e. The number of nitrogens with zero attached hydrogens (tertiary/aromatic N) is 7. The molecule has 4 heterocycles. The first-order chi connectivity index (χ1) is 15.3. The Morgan fingerprint density at radius 3 is 2.59 bits per heavy atom. The van der Waals surface area contributed by atoms with Gasteiger partial charge in [-0.25, -0.2) is 17.8 Å². The second kappa shape index (κ2) is 7.35. The number of halogens is 1. The van der Waals surface area contributed by atoms with Gasteiger partial charge in [-0.1, -0.05) is 12.1 Å². The average molecular weight is 457 g/mol. The fourth-order valence-corrected chi connectivity index (χ4v) is 5.22. The molecular formula is C20H20FN7O3S. The molecule has 32 heavy (non-hydrogen) atoms. The molecule has 0 spiro atoms. The summed E-state index contributed by atoms with van der Waals surface area (Å²) in [4.78, 5) is 4.18. The van der Waals surface area contributed by atoms with Gasteiger partial charge in [-0.3, -0.25) is 4.68 Å². The van der Waals surface area contributed by atoms with E-state index in [0.29, 0.717) is 30.0 Å². The molecular weight excluding hydrogens is 437 g/mol. The zero-order valence-electron chi connectivity index (χ0n) is 17.6. The van der Waals surface area contributed by atoms with Crippen molar-refractivity contribution in [1.29, 1.82) is 0 Å². The lowest BCUT2D eigenvalue weighted by atomic mass is 10.1. The Morgan fingerprint density at radius 1 is 1.12 bits per heavy atom. The van der Waals surface area contributed by atoms with Crippen molar-refractivity contribution < 1.29 is 17.2 Å². The average Bonchev–Trinajstić information content (AvgIpc) is 3.47. The summed E-state index contributed by atoms with van der Waals surface area (Å²) < 4.78 is 50.9. The number of benzene rings is 1. The lowest BCUT2D eigenvalue weighted by molar-refractivity contribution is 0.384. The molecule has 12 heteroatoms. The van der Waals surface area contributed by atoms with Gasteiger partial charge in [0.15, 0.2) is 10.7 Å². The van der Waals surface area contributed by atoms with Gasteiger partial charge in [0.1, 0.15) is 11.6 Å². The van der Waals surface area contributed by atoms with Crippen LogP contribution in [0.4, 0.5) is 4.39 Å². The molecule has 0 unspecified atom stereocenters. The highest BCUT2D eigenvalue weighted by molar-refractivity contribution is 7.89. The number of rotatable bonds is 4. The second-order valence-corrected chi connectivity index (χ2v) is 9.50. The quantitative estimate of drug-likeness (QED) is 0.461. The Morgan fingerprint density at radius 2 is 1.88 bits per heavy atom. The van der Waals surface area contributed by atoms with E-state index < -0.39 is 15.8 Å². The number of hydrogen-bond donors (Lipinski definition) is 0. The van der Waals surface area contributed by atoms with Crippen LogP contribution in [0.15, 0.2) is 39.9 Å². The maximum atomic E-state index is 14.1. The SMILES string of the molecule is Cc1nc(S(=O)(=O)N2CCc3c(c(-c4nnc(-c5ccccc5F)o4)nn3C)C2)cn1C. The van der Waals surface area contributed by atoms with Gasteiger partial charge in [0.25, 0.3) is 21.8 Å². The Bertz CT molecular complexity index is 1420.